The van der Waals surface area contributed by atoms with Crippen molar-refractivity contribution in [1.29, 1.82) is 0 Å². The molecular weight excluding hydrogens is 688 g/mol. The van der Waals surface area contributed by atoms with Gasteiger partial charge < -0.3 is 38.3 Å². The molecule has 1 saturated heterocycles. The second-order valence-corrected chi connectivity index (χ2v) is 14.9. The Morgan fingerprint density at radius 2 is 1.37 bits per heavy atom. The SMILES string of the molecule is CC(=O)O[C@H]1[C@@H](OC(C)=O)C(C)(C)/C=C/[C@H](C)C(=O)[C@@]2(OC(C)=O)C[C@@](C)(OC(C)=O)[C@H](O)[C@@H]2[C@H]2OC(=O)CC[C@@]2(OC(C)=O)[C@@H]1OC(=O)C(C)C. The van der Waals surface area contributed by atoms with E-state index in [4.69, 9.17) is 33.2 Å². The van der Waals surface area contributed by atoms with Gasteiger partial charge in [-0.1, -0.05) is 46.8 Å². The number of aliphatic hydroxyl groups is 1. The number of rotatable bonds is 7. The molecular formula is C36H50O16. The molecule has 0 aromatic carbocycles. The quantitative estimate of drug-likeness (QED) is 0.225. The third-order valence-corrected chi connectivity index (χ3v) is 9.71. The molecule has 52 heavy (non-hydrogen) atoms. The lowest BCUT2D eigenvalue weighted by Gasteiger charge is -2.53. The standard InChI is InChI=1S/C36H50O16/c1-17(2)32(45)49-31-26(46-19(4)37)30(47-20(5)38)33(9,10)14-12-18(3)27(43)36(52-23(8)41)16-34(11,50-21(6)39)28(44)25(36)29-35(31,51-22(7)40)15-13-24(42)48-29/h12,14,17-18,25-26,28-31,44H,13,15-16H2,1-11H3/b14-12+/t18-,25+,26-,28+,29+,30+,31+,34+,35-,36+/m0/s1. The first-order valence-corrected chi connectivity index (χ1v) is 17.1. The number of carbonyl (C=O) groups is 8. The van der Waals surface area contributed by atoms with Gasteiger partial charge in [0.15, 0.2) is 41.4 Å². The maximum absolute atomic E-state index is 14.9. The van der Waals surface area contributed by atoms with Crippen LogP contribution < -0.4 is 0 Å². The maximum Gasteiger partial charge on any atom is 0.308 e. The zero-order chi connectivity index (χ0) is 39.7. The van der Waals surface area contributed by atoms with Crippen molar-refractivity contribution < 1.29 is 76.6 Å². The Morgan fingerprint density at radius 1 is 0.808 bits per heavy atom. The fourth-order valence-electron chi connectivity index (χ4n) is 7.69. The van der Waals surface area contributed by atoms with Gasteiger partial charge in [-0.15, -0.1) is 0 Å². The summed E-state index contributed by atoms with van der Waals surface area (Å²) in [5.41, 5.74) is -8.26. The van der Waals surface area contributed by atoms with Gasteiger partial charge in [-0.05, 0) is 6.92 Å². The summed E-state index contributed by atoms with van der Waals surface area (Å²) < 4.78 is 41.2. The molecule has 290 valence electrons. The number of carbonyl (C=O) groups excluding carboxylic acids is 8. The smallest absolute Gasteiger partial charge is 0.308 e. The lowest BCUT2D eigenvalue weighted by atomic mass is 9.66. The van der Waals surface area contributed by atoms with E-state index in [0.717, 1.165) is 34.6 Å². The summed E-state index contributed by atoms with van der Waals surface area (Å²) in [7, 11) is 0. The highest BCUT2D eigenvalue weighted by Gasteiger charge is 2.75. The van der Waals surface area contributed by atoms with E-state index in [-0.39, 0.29) is 0 Å². The summed E-state index contributed by atoms with van der Waals surface area (Å²) in [5, 5.41) is 12.2. The third-order valence-electron chi connectivity index (χ3n) is 9.71. The van der Waals surface area contributed by atoms with Crippen LogP contribution in [-0.2, 0) is 71.5 Å². The molecule has 1 heterocycles. The largest absolute Gasteiger partial charge is 0.458 e. The first-order valence-electron chi connectivity index (χ1n) is 17.1. The number of ether oxygens (including phenoxy) is 7. The zero-order valence-electron chi connectivity index (χ0n) is 31.5. The van der Waals surface area contributed by atoms with Gasteiger partial charge in [0, 0.05) is 65.2 Å². The zero-order valence-corrected chi connectivity index (χ0v) is 31.5. The van der Waals surface area contributed by atoms with Crippen molar-refractivity contribution in [3.8, 4) is 0 Å². The van der Waals surface area contributed by atoms with Gasteiger partial charge in [0.05, 0.1) is 11.8 Å². The van der Waals surface area contributed by atoms with Crippen LogP contribution in [0.5, 0.6) is 0 Å². The number of fused-ring (bicyclic) bond motifs is 3. The van der Waals surface area contributed by atoms with E-state index in [1.807, 2.05) is 0 Å². The highest BCUT2D eigenvalue weighted by molar-refractivity contribution is 5.94. The van der Waals surface area contributed by atoms with Gasteiger partial charge in [-0.3, -0.25) is 38.4 Å². The molecule has 0 radical (unpaired) electrons. The van der Waals surface area contributed by atoms with Crippen molar-refractivity contribution >= 4 is 47.6 Å². The summed E-state index contributed by atoms with van der Waals surface area (Å²) in [6.45, 7) is 14.1. The molecule has 1 aliphatic heterocycles. The van der Waals surface area contributed by atoms with Crippen LogP contribution in [0.2, 0.25) is 0 Å². The predicted octanol–water partition coefficient (Wildman–Crippen LogP) is 2.23. The van der Waals surface area contributed by atoms with Gasteiger partial charge >= 0.3 is 41.8 Å². The number of hydrogen-bond acceptors (Lipinski definition) is 16. The normalized spacial score (nSPS) is 36.3. The molecule has 2 aliphatic carbocycles. The van der Waals surface area contributed by atoms with E-state index in [2.05, 4.69) is 0 Å². The number of allylic oxidation sites excluding steroid dienone is 1. The molecule has 1 saturated carbocycles. The van der Waals surface area contributed by atoms with Crippen LogP contribution in [0.25, 0.3) is 0 Å². The highest BCUT2D eigenvalue weighted by Crippen LogP contribution is 2.56. The molecule has 0 bridgehead atoms. The fraction of sp³-hybridized carbons (Fsp3) is 0.722. The number of esters is 7. The van der Waals surface area contributed by atoms with Crippen LogP contribution in [0.4, 0.5) is 0 Å². The molecule has 16 heteroatoms. The van der Waals surface area contributed by atoms with Crippen molar-refractivity contribution in [2.45, 2.75) is 143 Å². The van der Waals surface area contributed by atoms with Gasteiger partial charge in [-0.2, -0.15) is 0 Å². The lowest BCUT2D eigenvalue weighted by molar-refractivity contribution is -0.272. The summed E-state index contributed by atoms with van der Waals surface area (Å²) in [6.07, 6.45) is -8.10. The predicted molar refractivity (Wildman–Crippen MR) is 175 cm³/mol. The Bertz CT molecular complexity index is 1510. The second-order valence-electron chi connectivity index (χ2n) is 14.9. The average molecular weight is 739 g/mol. The molecule has 2 fully saturated rings. The first-order chi connectivity index (χ1) is 23.8. The molecule has 3 rings (SSSR count). The molecule has 16 nitrogen and oxygen atoms in total. The monoisotopic (exact) mass is 738 g/mol. The minimum Gasteiger partial charge on any atom is -0.458 e. The van der Waals surface area contributed by atoms with E-state index in [0.29, 0.717) is 0 Å². The van der Waals surface area contributed by atoms with Crippen LogP contribution in [0, 0.1) is 23.2 Å². The van der Waals surface area contributed by atoms with E-state index in [1.54, 1.807) is 13.8 Å². The third kappa shape index (κ3) is 8.31. The minimum atomic E-state index is -2.45. The van der Waals surface area contributed by atoms with Crippen LogP contribution in [0.1, 0.15) is 95.4 Å². The molecule has 0 aromatic heterocycles. The van der Waals surface area contributed by atoms with Gasteiger partial charge in [0.25, 0.3) is 0 Å². The molecule has 0 aromatic rings. The summed E-state index contributed by atoms with van der Waals surface area (Å²) in [6, 6.07) is 0. The number of Topliss-reactive ketones (excluding diaryl/α,β-unsaturated/α-hetero) is 1. The first kappa shape index (κ1) is 42.1. The van der Waals surface area contributed by atoms with E-state index < -0.39 is 137 Å². The van der Waals surface area contributed by atoms with Gasteiger partial charge in [0.1, 0.15) is 11.7 Å². The van der Waals surface area contributed by atoms with Crippen molar-refractivity contribution in [2.75, 3.05) is 0 Å². The molecule has 0 spiro atoms. The maximum atomic E-state index is 14.9. The lowest BCUT2D eigenvalue weighted by Crippen LogP contribution is -2.72. The van der Waals surface area contributed by atoms with E-state index in [1.165, 1.54) is 39.8 Å². The highest BCUT2D eigenvalue weighted by atomic mass is 16.7. The summed E-state index contributed by atoms with van der Waals surface area (Å²) in [4.78, 5) is 106. The van der Waals surface area contributed by atoms with Crippen molar-refractivity contribution in [3.05, 3.63) is 12.2 Å². The number of ketones is 1. The summed E-state index contributed by atoms with van der Waals surface area (Å²) >= 11 is 0. The van der Waals surface area contributed by atoms with E-state index in [9.17, 15) is 43.5 Å². The second kappa shape index (κ2) is 15.3. The fourth-order valence-corrected chi connectivity index (χ4v) is 7.69. The molecule has 0 unspecified atom stereocenters. The molecule has 3 aliphatic rings. The van der Waals surface area contributed by atoms with Crippen LogP contribution >= 0.6 is 0 Å². The van der Waals surface area contributed by atoms with Crippen LogP contribution in [0.15, 0.2) is 12.2 Å². The Hall–Kier alpha value is -4.34. The Balaban J connectivity index is 2.68. The Kier molecular flexibility index (Phi) is 12.4. The van der Waals surface area contributed by atoms with Crippen molar-refractivity contribution in [2.24, 2.45) is 23.2 Å². The van der Waals surface area contributed by atoms with Crippen molar-refractivity contribution in [3.63, 3.8) is 0 Å². The van der Waals surface area contributed by atoms with Crippen molar-refractivity contribution in [1.82, 2.24) is 0 Å². The minimum absolute atomic E-state index is 0.497. The molecule has 1 N–H and O–H groups in total. The van der Waals surface area contributed by atoms with Crippen LogP contribution in [-0.4, -0.2) is 100.0 Å². The number of hydrogen-bond donors (Lipinski definition) is 1. The topological polar surface area (TPSA) is 221 Å². The Labute approximate surface area is 302 Å². The number of aliphatic hydroxyl groups excluding tert-OH is 1. The van der Waals surface area contributed by atoms with Crippen LogP contribution in [0.3, 0.4) is 0 Å². The average Bonchev–Trinajstić information content (AvgIpc) is 3.20. The Morgan fingerprint density at radius 3 is 1.87 bits per heavy atom. The van der Waals surface area contributed by atoms with Gasteiger partial charge in [-0.25, -0.2) is 0 Å². The van der Waals surface area contributed by atoms with E-state index >= 15 is 0 Å². The summed E-state index contributed by atoms with van der Waals surface area (Å²) in [5.74, 6) is -11.3. The van der Waals surface area contributed by atoms with Gasteiger partial charge in [0.2, 0.25) is 0 Å². The molecule has 10 atom stereocenters. The molecule has 0 amide bonds.